The summed E-state index contributed by atoms with van der Waals surface area (Å²) in [4.78, 5) is 21.0. The smallest absolute Gasteiger partial charge is 0.308 e. The van der Waals surface area contributed by atoms with E-state index in [2.05, 4.69) is 20.6 Å². The van der Waals surface area contributed by atoms with E-state index in [4.69, 9.17) is 0 Å². The summed E-state index contributed by atoms with van der Waals surface area (Å²) in [6, 6.07) is 16.8. The quantitative estimate of drug-likeness (QED) is 0.581. The van der Waals surface area contributed by atoms with Gasteiger partial charge in [-0.05, 0) is 42.8 Å². The van der Waals surface area contributed by atoms with Crippen molar-refractivity contribution in [3.63, 3.8) is 0 Å². The van der Waals surface area contributed by atoms with Crippen LogP contribution >= 0.6 is 0 Å². The van der Waals surface area contributed by atoms with Crippen LogP contribution in [0.25, 0.3) is 17.0 Å². The molecule has 0 bridgehead atoms. The Morgan fingerprint density at radius 3 is 2.54 bits per heavy atom. The maximum atomic E-state index is 12.2. The minimum atomic E-state index is -0.288. The van der Waals surface area contributed by atoms with E-state index in [1.165, 1.54) is 0 Å². The molecular weight excluding hydrogens is 326 g/mol. The lowest BCUT2D eigenvalue weighted by atomic mass is 10.1. The lowest BCUT2D eigenvalue weighted by Gasteiger charge is -2.09. The number of aryl methyl sites for hydroxylation is 1. The molecule has 0 saturated heterocycles. The molecule has 2 N–H and O–H groups in total. The third-order valence-electron chi connectivity index (χ3n) is 3.93. The molecule has 2 aromatic carbocycles. The van der Waals surface area contributed by atoms with E-state index in [9.17, 15) is 4.79 Å². The van der Waals surface area contributed by atoms with Crippen LogP contribution in [0.15, 0.2) is 73.2 Å². The van der Waals surface area contributed by atoms with E-state index in [-0.39, 0.29) is 6.03 Å². The van der Waals surface area contributed by atoms with Crippen LogP contribution in [0.2, 0.25) is 0 Å². The molecule has 0 spiro atoms. The molecule has 0 aliphatic heterocycles. The highest BCUT2D eigenvalue weighted by Crippen LogP contribution is 2.22. The molecule has 0 saturated carbocycles. The molecule has 128 valence electrons. The first-order valence-corrected chi connectivity index (χ1v) is 8.22. The Morgan fingerprint density at radius 1 is 1.00 bits per heavy atom. The fourth-order valence-electron chi connectivity index (χ4n) is 2.74. The first-order valence-electron chi connectivity index (χ1n) is 8.22. The van der Waals surface area contributed by atoms with Gasteiger partial charge in [0.2, 0.25) is 5.78 Å². The molecule has 6 nitrogen and oxygen atoms in total. The number of urea groups is 1. The number of rotatable bonds is 3. The van der Waals surface area contributed by atoms with Crippen molar-refractivity contribution < 1.29 is 4.79 Å². The molecule has 2 heterocycles. The van der Waals surface area contributed by atoms with E-state index in [0.29, 0.717) is 11.5 Å². The van der Waals surface area contributed by atoms with Gasteiger partial charge >= 0.3 is 6.03 Å². The molecule has 0 aliphatic rings. The van der Waals surface area contributed by atoms with Crippen LogP contribution in [0, 0.1) is 6.92 Å². The molecule has 0 fully saturated rings. The van der Waals surface area contributed by atoms with Crippen molar-refractivity contribution in [2.24, 2.45) is 0 Å². The first kappa shape index (κ1) is 15.8. The molecule has 4 aromatic rings. The normalized spacial score (nSPS) is 10.7. The fourth-order valence-corrected chi connectivity index (χ4v) is 2.74. The highest BCUT2D eigenvalue weighted by atomic mass is 16.2. The van der Waals surface area contributed by atoms with Crippen molar-refractivity contribution in [2.45, 2.75) is 6.92 Å². The van der Waals surface area contributed by atoms with Crippen LogP contribution < -0.4 is 10.6 Å². The number of carbonyl (C=O) groups is 1. The van der Waals surface area contributed by atoms with Crippen molar-refractivity contribution >= 4 is 23.2 Å². The fraction of sp³-hybridized carbons (Fsp3) is 0.0500. The van der Waals surface area contributed by atoms with Crippen molar-refractivity contribution in [2.75, 3.05) is 10.6 Å². The summed E-state index contributed by atoms with van der Waals surface area (Å²) >= 11 is 0. The van der Waals surface area contributed by atoms with Crippen LogP contribution in [0.3, 0.4) is 0 Å². The Bertz CT molecular complexity index is 1050. The number of hydrogen-bond acceptors (Lipinski definition) is 3. The summed E-state index contributed by atoms with van der Waals surface area (Å²) < 4.78 is 1.86. The second-order valence-electron chi connectivity index (χ2n) is 5.98. The topological polar surface area (TPSA) is 71.3 Å². The van der Waals surface area contributed by atoms with Gasteiger partial charge in [0.25, 0.3) is 0 Å². The van der Waals surface area contributed by atoms with Gasteiger partial charge in [0.05, 0.1) is 5.69 Å². The third kappa shape index (κ3) is 3.39. The van der Waals surface area contributed by atoms with E-state index < -0.39 is 0 Å². The van der Waals surface area contributed by atoms with E-state index in [0.717, 1.165) is 22.5 Å². The molecule has 0 unspecified atom stereocenters. The molecule has 6 heteroatoms. The molecule has 2 aromatic heterocycles. The molecular formula is C20H17N5O. The number of carbonyl (C=O) groups excluding carboxylic acids is 1. The first-order chi connectivity index (χ1) is 12.7. The minimum absolute atomic E-state index is 0.288. The molecule has 0 radical (unpaired) electrons. The average Bonchev–Trinajstić information content (AvgIpc) is 3.06. The Morgan fingerprint density at radius 2 is 1.77 bits per heavy atom. The SMILES string of the molecule is Cc1cccc(NC(=O)Nc2cccc(-c3cn4cccnc4n3)c2)c1. The third-order valence-corrected chi connectivity index (χ3v) is 3.93. The largest absolute Gasteiger partial charge is 0.323 e. The second-order valence-corrected chi connectivity index (χ2v) is 5.98. The van der Waals surface area contributed by atoms with Gasteiger partial charge in [-0.3, -0.25) is 4.40 Å². The predicted molar refractivity (Wildman–Crippen MR) is 102 cm³/mol. The van der Waals surface area contributed by atoms with E-state index >= 15 is 0 Å². The lowest BCUT2D eigenvalue weighted by molar-refractivity contribution is 0.262. The summed E-state index contributed by atoms with van der Waals surface area (Å²) in [5, 5.41) is 5.69. The number of hydrogen-bond donors (Lipinski definition) is 2. The van der Waals surface area contributed by atoms with Gasteiger partial charge in [0.15, 0.2) is 0 Å². The number of nitrogens with one attached hydrogen (secondary N) is 2. The molecule has 4 rings (SSSR count). The highest BCUT2D eigenvalue weighted by Gasteiger charge is 2.07. The number of nitrogens with zero attached hydrogens (tertiary/aromatic N) is 3. The number of imidazole rings is 1. The monoisotopic (exact) mass is 343 g/mol. The van der Waals surface area contributed by atoms with Gasteiger partial charge in [-0.15, -0.1) is 0 Å². The summed E-state index contributed by atoms with van der Waals surface area (Å²) in [5.41, 5.74) is 4.24. The van der Waals surface area contributed by atoms with Crippen LogP contribution in [-0.2, 0) is 0 Å². The van der Waals surface area contributed by atoms with Crippen LogP contribution in [0.5, 0.6) is 0 Å². The molecule has 0 atom stereocenters. The van der Waals surface area contributed by atoms with E-state index in [1.54, 1.807) is 6.20 Å². The van der Waals surface area contributed by atoms with Crippen LogP contribution in [0.1, 0.15) is 5.56 Å². The zero-order valence-electron chi connectivity index (χ0n) is 14.2. The maximum Gasteiger partial charge on any atom is 0.323 e. The number of amides is 2. The Kier molecular flexibility index (Phi) is 4.07. The van der Waals surface area contributed by atoms with Gasteiger partial charge in [-0.2, -0.15) is 0 Å². The summed E-state index contributed by atoms with van der Waals surface area (Å²) in [6.07, 6.45) is 5.52. The standard InChI is InChI=1S/C20H17N5O/c1-14-5-2-7-16(11-14)22-20(26)23-17-8-3-6-15(12-17)18-13-25-10-4-9-21-19(25)24-18/h2-13H,1H3,(H2,22,23,26). The Balaban J connectivity index is 1.53. The average molecular weight is 343 g/mol. The number of aromatic nitrogens is 3. The molecule has 26 heavy (non-hydrogen) atoms. The number of anilines is 2. The van der Waals surface area contributed by atoms with Crippen LogP contribution in [0.4, 0.5) is 16.2 Å². The van der Waals surface area contributed by atoms with Crippen LogP contribution in [-0.4, -0.2) is 20.4 Å². The van der Waals surface area contributed by atoms with Gasteiger partial charge < -0.3 is 10.6 Å². The lowest BCUT2D eigenvalue weighted by Crippen LogP contribution is -2.19. The molecule has 2 amide bonds. The minimum Gasteiger partial charge on any atom is -0.308 e. The van der Waals surface area contributed by atoms with Gasteiger partial charge in [-0.1, -0.05) is 24.3 Å². The van der Waals surface area contributed by atoms with Crippen molar-refractivity contribution in [3.8, 4) is 11.3 Å². The Hall–Kier alpha value is -3.67. The summed E-state index contributed by atoms with van der Waals surface area (Å²) in [7, 11) is 0. The van der Waals surface area contributed by atoms with Gasteiger partial charge in [-0.25, -0.2) is 14.8 Å². The van der Waals surface area contributed by atoms with Crippen molar-refractivity contribution in [1.82, 2.24) is 14.4 Å². The summed E-state index contributed by atoms with van der Waals surface area (Å²) in [5.74, 6) is 0.637. The number of benzene rings is 2. The maximum absolute atomic E-state index is 12.2. The van der Waals surface area contributed by atoms with Gasteiger partial charge in [0, 0.05) is 35.5 Å². The van der Waals surface area contributed by atoms with Crippen molar-refractivity contribution in [1.29, 1.82) is 0 Å². The predicted octanol–water partition coefficient (Wildman–Crippen LogP) is 4.35. The zero-order valence-corrected chi connectivity index (χ0v) is 14.2. The van der Waals surface area contributed by atoms with E-state index in [1.807, 2.05) is 78.3 Å². The molecule has 0 aliphatic carbocycles. The van der Waals surface area contributed by atoms with Gasteiger partial charge in [0.1, 0.15) is 0 Å². The highest BCUT2D eigenvalue weighted by molar-refractivity contribution is 6.00. The summed E-state index contributed by atoms with van der Waals surface area (Å²) in [6.45, 7) is 1.98. The Labute approximate surface area is 150 Å². The van der Waals surface area contributed by atoms with Crippen molar-refractivity contribution in [3.05, 3.63) is 78.8 Å². The zero-order chi connectivity index (χ0) is 17.9. The second kappa shape index (κ2) is 6.68. The number of fused-ring (bicyclic) bond motifs is 1.